The van der Waals surface area contributed by atoms with Gasteiger partial charge in [-0.05, 0) is 12.1 Å². The fourth-order valence-corrected chi connectivity index (χ4v) is 8.78. The van der Waals surface area contributed by atoms with E-state index >= 15 is 0 Å². The van der Waals surface area contributed by atoms with Gasteiger partial charge in [-0.25, -0.2) is 4.79 Å². The van der Waals surface area contributed by atoms with Gasteiger partial charge in [0, 0.05) is 0 Å². The summed E-state index contributed by atoms with van der Waals surface area (Å²) in [6.45, 7) is 13.9. The van der Waals surface area contributed by atoms with E-state index in [1.807, 2.05) is 5.94 Å². The maximum absolute atomic E-state index is 10.4. The molecular weight excluding hydrogens is 188 g/mol. The molecule has 0 aromatic heterocycles. The Morgan fingerprint density at radius 2 is 1.36 bits per heavy atom. The van der Waals surface area contributed by atoms with E-state index < -0.39 is 8.07 Å². The molecule has 0 aliphatic heterocycles. The van der Waals surface area contributed by atoms with Gasteiger partial charge in [0.2, 0.25) is 0 Å². The van der Waals surface area contributed by atoms with Crippen molar-refractivity contribution >= 4 is 14.0 Å². The Bertz CT molecular complexity index is 191. The van der Waals surface area contributed by atoms with Gasteiger partial charge in [-0.15, -0.1) is 0 Å². The molecule has 0 radical (unpaired) electrons. The van der Waals surface area contributed by atoms with E-state index in [0.29, 0.717) is 0 Å². The molecular formula is C12H24OSi. The molecule has 0 unspecified atom stereocenters. The van der Waals surface area contributed by atoms with Crippen LogP contribution in [0.25, 0.3) is 0 Å². The fourth-order valence-electron chi connectivity index (χ4n) is 2.93. The van der Waals surface area contributed by atoms with Gasteiger partial charge < -0.3 is 0 Å². The second-order valence-electron chi connectivity index (χ2n) is 5.10. The number of carbonyl (C=O) groups excluding carboxylic acids is 1. The summed E-state index contributed by atoms with van der Waals surface area (Å²) in [7, 11) is -1.37. The van der Waals surface area contributed by atoms with Crippen molar-refractivity contribution in [3.63, 3.8) is 0 Å². The molecule has 0 rings (SSSR count). The van der Waals surface area contributed by atoms with Gasteiger partial charge in [-0.3, -0.25) is 0 Å². The third-order valence-corrected chi connectivity index (χ3v) is 11.1. The standard InChI is InChI=1S/C12H24OSi/c1-10(2)14(11(3)4,12(5)6)9-7-8-13/h7,10-12H,9H2,1-6H3. The summed E-state index contributed by atoms with van der Waals surface area (Å²) >= 11 is 0. The monoisotopic (exact) mass is 212 g/mol. The second kappa shape index (κ2) is 5.52. The van der Waals surface area contributed by atoms with E-state index in [1.54, 1.807) is 6.08 Å². The minimum Gasteiger partial charge on any atom is -0.234 e. The van der Waals surface area contributed by atoms with Gasteiger partial charge in [0.05, 0.1) is 8.07 Å². The quantitative estimate of drug-likeness (QED) is 0.496. The van der Waals surface area contributed by atoms with Crippen LogP contribution in [0, 0.1) is 0 Å². The summed E-state index contributed by atoms with van der Waals surface area (Å²) in [5.41, 5.74) is 2.19. The van der Waals surface area contributed by atoms with Crippen LogP contribution in [0.3, 0.4) is 0 Å². The van der Waals surface area contributed by atoms with Crippen molar-refractivity contribution in [2.45, 2.75) is 64.2 Å². The van der Waals surface area contributed by atoms with E-state index in [0.717, 1.165) is 22.7 Å². The molecule has 0 amide bonds. The van der Waals surface area contributed by atoms with E-state index in [4.69, 9.17) is 0 Å². The molecule has 0 bridgehead atoms. The molecule has 0 saturated carbocycles. The summed E-state index contributed by atoms with van der Waals surface area (Å²) < 4.78 is 0. The molecule has 0 aromatic carbocycles. The van der Waals surface area contributed by atoms with Gasteiger partial charge in [0.15, 0.2) is 0 Å². The molecule has 0 aromatic rings. The predicted molar refractivity (Wildman–Crippen MR) is 66.1 cm³/mol. The first-order valence-electron chi connectivity index (χ1n) is 5.58. The molecule has 0 N–H and O–H groups in total. The molecule has 0 saturated heterocycles. The molecule has 2 heteroatoms. The van der Waals surface area contributed by atoms with Crippen LogP contribution < -0.4 is 0 Å². The van der Waals surface area contributed by atoms with E-state index in [-0.39, 0.29) is 0 Å². The number of rotatable bonds is 5. The Labute approximate surface area is 89.6 Å². The van der Waals surface area contributed by atoms with Crippen LogP contribution in [0.4, 0.5) is 0 Å². The van der Waals surface area contributed by atoms with Crippen molar-refractivity contribution in [1.82, 2.24) is 0 Å². The van der Waals surface area contributed by atoms with Crippen LogP contribution in [0.15, 0.2) is 6.08 Å². The van der Waals surface area contributed by atoms with Crippen molar-refractivity contribution in [2.75, 3.05) is 0 Å². The summed E-state index contributed by atoms with van der Waals surface area (Å²) in [6, 6.07) is 0.990. The van der Waals surface area contributed by atoms with Crippen molar-refractivity contribution < 1.29 is 4.79 Å². The lowest BCUT2D eigenvalue weighted by Gasteiger charge is -2.42. The smallest absolute Gasteiger partial charge is 0.119 e. The Hall–Kier alpha value is -0.333. The molecule has 0 atom stereocenters. The first kappa shape index (κ1) is 13.7. The van der Waals surface area contributed by atoms with Gasteiger partial charge in [0.25, 0.3) is 0 Å². The lowest BCUT2D eigenvalue weighted by Crippen LogP contribution is -2.43. The zero-order valence-electron chi connectivity index (χ0n) is 10.4. The van der Waals surface area contributed by atoms with Crippen LogP contribution in [-0.4, -0.2) is 14.0 Å². The van der Waals surface area contributed by atoms with Gasteiger partial charge in [-0.2, -0.15) is 0 Å². The maximum atomic E-state index is 10.4. The minimum atomic E-state index is -1.37. The summed E-state index contributed by atoms with van der Waals surface area (Å²) in [4.78, 5) is 10.4. The average molecular weight is 212 g/mol. The van der Waals surface area contributed by atoms with Crippen LogP contribution in [0.2, 0.25) is 22.7 Å². The summed E-state index contributed by atoms with van der Waals surface area (Å²) in [5.74, 6) is 1.95. The Kier molecular flexibility index (Phi) is 5.39. The third kappa shape index (κ3) is 2.58. The molecule has 0 fully saturated rings. The third-order valence-electron chi connectivity index (χ3n) is 3.76. The lowest BCUT2D eigenvalue weighted by molar-refractivity contribution is 0.568. The van der Waals surface area contributed by atoms with Crippen LogP contribution >= 0.6 is 0 Å². The predicted octanol–water partition coefficient (Wildman–Crippen LogP) is 4.05. The molecule has 1 nitrogen and oxygen atoms in total. The normalized spacial score (nSPS) is 12.4. The topological polar surface area (TPSA) is 17.1 Å². The van der Waals surface area contributed by atoms with Crippen molar-refractivity contribution in [2.24, 2.45) is 0 Å². The maximum Gasteiger partial charge on any atom is 0.119 e. The van der Waals surface area contributed by atoms with Crippen molar-refractivity contribution in [3.05, 3.63) is 6.08 Å². The van der Waals surface area contributed by atoms with Crippen LogP contribution in [0.5, 0.6) is 0 Å². The Balaban J connectivity index is 5.04. The van der Waals surface area contributed by atoms with Gasteiger partial charge in [0.1, 0.15) is 5.94 Å². The Morgan fingerprint density at radius 1 is 1.00 bits per heavy atom. The second-order valence-corrected chi connectivity index (χ2v) is 11.2. The van der Waals surface area contributed by atoms with E-state index in [9.17, 15) is 4.79 Å². The van der Waals surface area contributed by atoms with Gasteiger partial charge >= 0.3 is 0 Å². The summed E-state index contributed by atoms with van der Waals surface area (Å²) in [5, 5.41) is 0. The molecule has 82 valence electrons. The van der Waals surface area contributed by atoms with E-state index in [2.05, 4.69) is 41.5 Å². The number of hydrogen-bond donors (Lipinski definition) is 0. The highest BCUT2D eigenvalue weighted by Crippen LogP contribution is 2.44. The fraction of sp³-hybridized carbons (Fsp3) is 0.833. The lowest BCUT2D eigenvalue weighted by atomic mass is 10.5. The molecule has 0 aliphatic carbocycles. The zero-order valence-corrected chi connectivity index (χ0v) is 11.4. The number of allylic oxidation sites excluding steroid dienone is 1. The van der Waals surface area contributed by atoms with Crippen molar-refractivity contribution in [3.8, 4) is 0 Å². The first-order valence-corrected chi connectivity index (χ1v) is 8.02. The SMILES string of the molecule is CC(C)[Si](CC=C=O)(C(C)C)C(C)C. The largest absolute Gasteiger partial charge is 0.234 e. The zero-order chi connectivity index (χ0) is 11.4. The first-order chi connectivity index (χ1) is 6.39. The summed E-state index contributed by atoms with van der Waals surface area (Å²) in [6.07, 6.45) is 1.71. The average Bonchev–Trinajstić information content (AvgIpc) is 2.03. The van der Waals surface area contributed by atoms with Crippen molar-refractivity contribution in [1.29, 1.82) is 0 Å². The molecule has 0 aliphatic rings. The number of hydrogen-bond acceptors (Lipinski definition) is 1. The molecule has 0 spiro atoms. The molecule has 14 heavy (non-hydrogen) atoms. The Morgan fingerprint density at radius 3 is 1.57 bits per heavy atom. The van der Waals surface area contributed by atoms with Crippen LogP contribution in [-0.2, 0) is 4.79 Å². The van der Waals surface area contributed by atoms with E-state index in [1.165, 1.54) is 0 Å². The van der Waals surface area contributed by atoms with Crippen LogP contribution in [0.1, 0.15) is 41.5 Å². The highest BCUT2D eigenvalue weighted by Gasteiger charge is 2.41. The molecule has 0 heterocycles. The highest BCUT2D eigenvalue weighted by atomic mass is 28.3. The minimum absolute atomic E-state index is 0.729. The van der Waals surface area contributed by atoms with Gasteiger partial charge in [-0.1, -0.05) is 58.2 Å². The highest BCUT2D eigenvalue weighted by molar-refractivity contribution is 6.83.